The second-order valence-corrected chi connectivity index (χ2v) is 6.67. The number of nitrogens with one attached hydrogen (secondary N) is 1. The number of amides is 1. The first-order valence-electron chi connectivity index (χ1n) is 7.75. The minimum atomic E-state index is 0.147. The average molecular weight is 311 g/mol. The van der Waals surface area contributed by atoms with E-state index in [1.54, 1.807) is 11.3 Å². The number of carbonyl (C=O) groups is 1. The quantitative estimate of drug-likeness (QED) is 0.698. The molecule has 0 aliphatic carbocycles. The molecule has 2 atom stereocenters. The van der Waals surface area contributed by atoms with E-state index >= 15 is 0 Å². The average Bonchev–Trinajstić information content (AvgIpc) is 2.97. The van der Waals surface area contributed by atoms with Gasteiger partial charge in [-0.1, -0.05) is 19.4 Å². The van der Waals surface area contributed by atoms with Crippen LogP contribution in [0.2, 0.25) is 0 Å². The lowest BCUT2D eigenvalue weighted by Gasteiger charge is -2.23. The van der Waals surface area contributed by atoms with Crippen molar-refractivity contribution in [2.45, 2.75) is 38.6 Å². The Labute approximate surface area is 132 Å². The fourth-order valence-electron chi connectivity index (χ4n) is 2.44. The summed E-state index contributed by atoms with van der Waals surface area (Å²) in [5.74, 6) is 0.719. The van der Waals surface area contributed by atoms with Gasteiger partial charge in [0.2, 0.25) is 5.91 Å². The number of thiophene rings is 1. The van der Waals surface area contributed by atoms with Crippen LogP contribution < -0.4 is 11.1 Å². The lowest BCUT2D eigenvalue weighted by Crippen LogP contribution is -2.34. The maximum atomic E-state index is 12.0. The molecular weight excluding hydrogens is 282 g/mol. The van der Waals surface area contributed by atoms with Crippen LogP contribution in [0.15, 0.2) is 17.5 Å². The van der Waals surface area contributed by atoms with Gasteiger partial charge in [0.25, 0.3) is 0 Å². The molecule has 0 fully saturated rings. The Bertz CT molecular complexity index is 392. The predicted octanol–water partition coefficient (Wildman–Crippen LogP) is 2.62. The van der Waals surface area contributed by atoms with Gasteiger partial charge in [-0.25, -0.2) is 0 Å². The Morgan fingerprint density at radius 2 is 2.19 bits per heavy atom. The van der Waals surface area contributed by atoms with Crippen LogP contribution in [0.4, 0.5) is 0 Å². The molecule has 2 unspecified atom stereocenters. The minimum Gasteiger partial charge on any atom is -0.354 e. The zero-order valence-electron chi connectivity index (χ0n) is 13.5. The first kappa shape index (κ1) is 18.1. The lowest BCUT2D eigenvalue weighted by molar-refractivity contribution is -0.121. The third kappa shape index (κ3) is 6.59. The Balaban J connectivity index is 2.37. The molecule has 1 rings (SSSR count). The molecule has 1 amide bonds. The molecule has 0 spiro atoms. The van der Waals surface area contributed by atoms with Crippen LogP contribution in [0.25, 0.3) is 0 Å². The molecule has 5 heteroatoms. The van der Waals surface area contributed by atoms with Crippen LogP contribution in [0, 0.1) is 5.92 Å². The number of nitrogens with zero attached hydrogens (tertiary/aromatic N) is 1. The van der Waals surface area contributed by atoms with Gasteiger partial charge in [0.15, 0.2) is 0 Å². The highest BCUT2D eigenvalue weighted by molar-refractivity contribution is 7.10. The molecule has 21 heavy (non-hydrogen) atoms. The molecule has 120 valence electrons. The molecule has 0 aromatic carbocycles. The van der Waals surface area contributed by atoms with Crippen LogP contribution in [0.5, 0.6) is 0 Å². The van der Waals surface area contributed by atoms with Crippen molar-refractivity contribution < 1.29 is 4.79 Å². The van der Waals surface area contributed by atoms with Crippen LogP contribution in [0.1, 0.15) is 43.5 Å². The van der Waals surface area contributed by atoms with Crippen LogP contribution in [0.3, 0.4) is 0 Å². The first-order valence-corrected chi connectivity index (χ1v) is 8.63. The monoisotopic (exact) mass is 311 g/mol. The van der Waals surface area contributed by atoms with Gasteiger partial charge in [-0.15, -0.1) is 11.3 Å². The summed E-state index contributed by atoms with van der Waals surface area (Å²) in [4.78, 5) is 15.4. The summed E-state index contributed by atoms with van der Waals surface area (Å²) in [7, 11) is 4.09. The molecule has 0 aliphatic rings. The van der Waals surface area contributed by atoms with Gasteiger partial charge in [0.05, 0.1) is 6.04 Å². The topological polar surface area (TPSA) is 58.4 Å². The Morgan fingerprint density at radius 1 is 1.43 bits per heavy atom. The molecule has 0 aliphatic heterocycles. The highest BCUT2D eigenvalue weighted by Gasteiger charge is 2.16. The van der Waals surface area contributed by atoms with Crippen molar-refractivity contribution in [2.24, 2.45) is 11.7 Å². The standard InChI is InChI=1S/C16H29N3OS/c1-4-13(9-10-17)7-8-16(20)18-12-14(19(2)3)15-6-5-11-21-15/h5-6,11,13-14H,4,7-10,12,17H2,1-3H3,(H,18,20). The molecular formula is C16H29N3OS. The third-order valence-electron chi connectivity index (χ3n) is 3.92. The lowest BCUT2D eigenvalue weighted by atomic mass is 9.96. The van der Waals surface area contributed by atoms with Crippen molar-refractivity contribution in [2.75, 3.05) is 27.2 Å². The van der Waals surface area contributed by atoms with Crippen molar-refractivity contribution >= 4 is 17.2 Å². The zero-order valence-corrected chi connectivity index (χ0v) is 14.3. The van der Waals surface area contributed by atoms with E-state index in [0.29, 0.717) is 25.4 Å². The molecule has 4 nitrogen and oxygen atoms in total. The number of hydrogen-bond donors (Lipinski definition) is 2. The van der Waals surface area contributed by atoms with E-state index in [1.807, 2.05) is 14.1 Å². The highest BCUT2D eigenvalue weighted by Crippen LogP contribution is 2.22. The van der Waals surface area contributed by atoms with Crippen molar-refractivity contribution in [3.05, 3.63) is 22.4 Å². The normalized spacial score (nSPS) is 14.1. The molecule has 0 radical (unpaired) electrons. The van der Waals surface area contributed by atoms with Gasteiger partial charge >= 0.3 is 0 Å². The molecule has 0 saturated carbocycles. The smallest absolute Gasteiger partial charge is 0.220 e. The summed E-state index contributed by atoms with van der Waals surface area (Å²) in [6.45, 7) is 3.54. The maximum Gasteiger partial charge on any atom is 0.220 e. The Kier molecular flexibility index (Phi) is 8.57. The zero-order chi connectivity index (χ0) is 15.7. The summed E-state index contributed by atoms with van der Waals surface area (Å²) in [6, 6.07) is 4.42. The molecule has 0 bridgehead atoms. The fourth-order valence-corrected chi connectivity index (χ4v) is 3.36. The highest BCUT2D eigenvalue weighted by atomic mass is 32.1. The van der Waals surface area contributed by atoms with Crippen LogP contribution >= 0.6 is 11.3 Å². The van der Waals surface area contributed by atoms with E-state index in [-0.39, 0.29) is 11.9 Å². The minimum absolute atomic E-state index is 0.147. The number of carbonyl (C=O) groups excluding carboxylic acids is 1. The Hall–Kier alpha value is -0.910. The van der Waals surface area contributed by atoms with Gasteiger partial charge in [0, 0.05) is 17.8 Å². The molecule has 3 N–H and O–H groups in total. The van der Waals surface area contributed by atoms with Crippen molar-refractivity contribution in [3.8, 4) is 0 Å². The van der Waals surface area contributed by atoms with E-state index in [0.717, 1.165) is 19.3 Å². The van der Waals surface area contributed by atoms with Gasteiger partial charge in [-0.2, -0.15) is 0 Å². The molecule has 1 aromatic heterocycles. The van der Waals surface area contributed by atoms with E-state index in [4.69, 9.17) is 5.73 Å². The largest absolute Gasteiger partial charge is 0.354 e. The van der Waals surface area contributed by atoms with Crippen LogP contribution in [-0.4, -0.2) is 38.0 Å². The number of likely N-dealkylation sites (N-methyl/N-ethyl adjacent to an activating group) is 1. The number of rotatable bonds is 10. The SMILES string of the molecule is CCC(CCN)CCC(=O)NCC(c1cccs1)N(C)C. The number of nitrogens with two attached hydrogens (primary N) is 1. The van der Waals surface area contributed by atoms with Crippen molar-refractivity contribution in [1.29, 1.82) is 0 Å². The first-order chi connectivity index (χ1) is 10.1. The summed E-state index contributed by atoms with van der Waals surface area (Å²) in [5, 5.41) is 5.14. The second kappa shape index (κ2) is 9.92. The molecule has 1 aromatic rings. The van der Waals surface area contributed by atoms with Crippen molar-refractivity contribution in [3.63, 3.8) is 0 Å². The third-order valence-corrected chi connectivity index (χ3v) is 4.89. The summed E-state index contributed by atoms with van der Waals surface area (Å²) in [5.41, 5.74) is 5.59. The van der Waals surface area contributed by atoms with Gasteiger partial charge in [-0.3, -0.25) is 4.79 Å². The molecule has 1 heterocycles. The molecule has 0 saturated heterocycles. The van der Waals surface area contributed by atoms with Crippen molar-refractivity contribution in [1.82, 2.24) is 10.2 Å². The Morgan fingerprint density at radius 3 is 2.71 bits per heavy atom. The van der Waals surface area contributed by atoms with Gasteiger partial charge in [-0.05, 0) is 50.8 Å². The van der Waals surface area contributed by atoms with E-state index in [1.165, 1.54) is 4.88 Å². The van der Waals surface area contributed by atoms with Gasteiger partial charge < -0.3 is 16.0 Å². The van der Waals surface area contributed by atoms with Gasteiger partial charge in [0.1, 0.15) is 0 Å². The van der Waals surface area contributed by atoms with E-state index in [2.05, 4.69) is 34.7 Å². The van der Waals surface area contributed by atoms with E-state index in [9.17, 15) is 4.79 Å². The summed E-state index contributed by atoms with van der Waals surface area (Å²) < 4.78 is 0. The predicted molar refractivity (Wildman–Crippen MR) is 90.4 cm³/mol. The van der Waals surface area contributed by atoms with E-state index < -0.39 is 0 Å². The second-order valence-electron chi connectivity index (χ2n) is 5.69. The maximum absolute atomic E-state index is 12.0. The number of hydrogen-bond acceptors (Lipinski definition) is 4. The fraction of sp³-hybridized carbons (Fsp3) is 0.688. The summed E-state index contributed by atoms with van der Waals surface area (Å²) >= 11 is 1.73. The summed E-state index contributed by atoms with van der Waals surface area (Å²) in [6.07, 6.45) is 3.65. The van der Waals surface area contributed by atoms with Crippen LogP contribution in [-0.2, 0) is 4.79 Å².